The van der Waals surface area contributed by atoms with Gasteiger partial charge in [0.05, 0.1) is 13.1 Å². The summed E-state index contributed by atoms with van der Waals surface area (Å²) in [5.41, 5.74) is 3.65. The lowest BCUT2D eigenvalue weighted by molar-refractivity contribution is -0.119. The maximum absolute atomic E-state index is 12.8. The van der Waals surface area contributed by atoms with Gasteiger partial charge < -0.3 is 20.3 Å². The zero-order chi connectivity index (χ0) is 22.2. The van der Waals surface area contributed by atoms with Crippen molar-refractivity contribution in [3.63, 3.8) is 0 Å². The third-order valence-electron chi connectivity index (χ3n) is 5.66. The van der Waals surface area contributed by atoms with Crippen molar-refractivity contribution in [2.75, 3.05) is 31.6 Å². The van der Waals surface area contributed by atoms with Crippen molar-refractivity contribution < 1.29 is 14.3 Å². The molecule has 2 aromatic carbocycles. The van der Waals surface area contributed by atoms with E-state index in [0.717, 1.165) is 42.0 Å². The first-order valence-electron chi connectivity index (χ1n) is 11.1. The Labute approximate surface area is 185 Å². The van der Waals surface area contributed by atoms with Crippen LogP contribution in [0.3, 0.4) is 0 Å². The molecule has 6 heteroatoms. The first-order valence-corrected chi connectivity index (χ1v) is 11.1. The highest BCUT2D eigenvalue weighted by molar-refractivity contribution is 5.95. The van der Waals surface area contributed by atoms with Gasteiger partial charge in [-0.2, -0.15) is 0 Å². The lowest BCUT2D eigenvalue weighted by atomic mass is 10.0. The zero-order valence-corrected chi connectivity index (χ0v) is 18.7. The predicted octanol–water partition coefficient (Wildman–Crippen LogP) is 3.93. The van der Waals surface area contributed by atoms with Crippen LogP contribution in [0.25, 0.3) is 0 Å². The summed E-state index contributed by atoms with van der Waals surface area (Å²) in [6.45, 7) is 7.93. The molecule has 166 valence electrons. The first kappa shape index (κ1) is 22.7. The van der Waals surface area contributed by atoms with E-state index in [0.29, 0.717) is 18.7 Å². The SMILES string of the molecule is Cc1cccc(OCCNC(=O)CNc2ccc(C(=O)N3CCCCC3C)cc2C)c1. The van der Waals surface area contributed by atoms with Crippen molar-refractivity contribution >= 4 is 17.5 Å². The number of anilines is 1. The normalized spacial score (nSPS) is 16.0. The average molecular weight is 424 g/mol. The number of nitrogens with zero attached hydrogens (tertiary/aromatic N) is 1. The summed E-state index contributed by atoms with van der Waals surface area (Å²) < 4.78 is 5.64. The Morgan fingerprint density at radius 3 is 2.71 bits per heavy atom. The molecule has 1 aliphatic rings. The standard InChI is InChI=1S/C25H33N3O3/c1-18-7-6-9-22(15-18)31-14-12-26-24(29)17-27-23-11-10-21(16-19(23)2)25(30)28-13-5-4-8-20(28)3/h6-7,9-11,15-16,20,27H,4-5,8,12-14,17H2,1-3H3,(H,26,29). The molecule has 1 aliphatic heterocycles. The summed E-state index contributed by atoms with van der Waals surface area (Å²) in [5, 5.41) is 6.00. The molecule has 3 rings (SSSR count). The molecule has 0 bridgehead atoms. The lowest BCUT2D eigenvalue weighted by Gasteiger charge is -2.33. The van der Waals surface area contributed by atoms with Crippen molar-refractivity contribution in [2.24, 2.45) is 0 Å². The van der Waals surface area contributed by atoms with Gasteiger partial charge in [0.25, 0.3) is 5.91 Å². The molecule has 1 unspecified atom stereocenters. The fourth-order valence-electron chi connectivity index (χ4n) is 3.86. The fraction of sp³-hybridized carbons (Fsp3) is 0.440. The Morgan fingerprint density at radius 1 is 1.13 bits per heavy atom. The van der Waals surface area contributed by atoms with Gasteiger partial charge in [0.2, 0.25) is 5.91 Å². The van der Waals surface area contributed by atoms with E-state index in [1.807, 2.05) is 61.2 Å². The van der Waals surface area contributed by atoms with Crippen LogP contribution in [0.4, 0.5) is 5.69 Å². The van der Waals surface area contributed by atoms with Gasteiger partial charge in [-0.15, -0.1) is 0 Å². The molecule has 2 N–H and O–H groups in total. The van der Waals surface area contributed by atoms with E-state index in [9.17, 15) is 9.59 Å². The smallest absolute Gasteiger partial charge is 0.254 e. The minimum absolute atomic E-state index is 0.0909. The number of amides is 2. The lowest BCUT2D eigenvalue weighted by Crippen LogP contribution is -2.42. The topological polar surface area (TPSA) is 70.7 Å². The molecule has 0 spiro atoms. The molecule has 1 heterocycles. The number of hydrogen-bond acceptors (Lipinski definition) is 4. The summed E-state index contributed by atoms with van der Waals surface area (Å²) in [4.78, 5) is 26.9. The van der Waals surface area contributed by atoms with Crippen molar-refractivity contribution in [1.29, 1.82) is 0 Å². The maximum atomic E-state index is 12.8. The van der Waals surface area contributed by atoms with Crippen LogP contribution in [0.1, 0.15) is 47.7 Å². The summed E-state index contributed by atoms with van der Waals surface area (Å²) in [5.74, 6) is 0.791. The number of carbonyl (C=O) groups is 2. The van der Waals surface area contributed by atoms with Crippen LogP contribution >= 0.6 is 0 Å². The molecule has 0 saturated carbocycles. The molecule has 1 fully saturated rings. The van der Waals surface area contributed by atoms with E-state index in [4.69, 9.17) is 4.74 Å². The quantitative estimate of drug-likeness (QED) is 0.631. The van der Waals surface area contributed by atoms with E-state index in [2.05, 4.69) is 17.6 Å². The van der Waals surface area contributed by atoms with Crippen molar-refractivity contribution in [3.05, 3.63) is 59.2 Å². The van der Waals surface area contributed by atoms with E-state index >= 15 is 0 Å². The molecule has 0 aliphatic carbocycles. The molecule has 1 saturated heterocycles. The number of rotatable bonds is 8. The Kier molecular flexibility index (Phi) is 7.93. The number of likely N-dealkylation sites (tertiary alicyclic amines) is 1. The van der Waals surface area contributed by atoms with E-state index < -0.39 is 0 Å². The second-order valence-corrected chi connectivity index (χ2v) is 8.24. The van der Waals surface area contributed by atoms with E-state index in [1.165, 1.54) is 6.42 Å². The molecule has 31 heavy (non-hydrogen) atoms. The number of piperidine rings is 1. The highest BCUT2D eigenvalue weighted by Gasteiger charge is 2.24. The predicted molar refractivity (Wildman–Crippen MR) is 124 cm³/mol. The Hall–Kier alpha value is -3.02. The van der Waals surface area contributed by atoms with E-state index in [-0.39, 0.29) is 24.4 Å². The van der Waals surface area contributed by atoms with Gasteiger partial charge in [0.1, 0.15) is 12.4 Å². The fourth-order valence-corrected chi connectivity index (χ4v) is 3.86. The molecular formula is C25H33N3O3. The van der Waals surface area contributed by atoms with Gasteiger partial charge in [-0.3, -0.25) is 9.59 Å². The number of carbonyl (C=O) groups excluding carboxylic acids is 2. The third-order valence-corrected chi connectivity index (χ3v) is 5.66. The van der Waals surface area contributed by atoms with Crippen LogP contribution in [0.15, 0.2) is 42.5 Å². The number of benzene rings is 2. The number of hydrogen-bond donors (Lipinski definition) is 2. The zero-order valence-electron chi connectivity index (χ0n) is 18.7. The molecule has 0 radical (unpaired) electrons. The monoisotopic (exact) mass is 423 g/mol. The summed E-state index contributed by atoms with van der Waals surface area (Å²) in [6.07, 6.45) is 3.32. The van der Waals surface area contributed by atoms with Crippen molar-refractivity contribution in [1.82, 2.24) is 10.2 Å². The minimum atomic E-state index is -0.102. The van der Waals surface area contributed by atoms with Crippen LogP contribution < -0.4 is 15.4 Å². The van der Waals surface area contributed by atoms with Gasteiger partial charge in [0.15, 0.2) is 0 Å². The Balaban J connectivity index is 1.43. The highest BCUT2D eigenvalue weighted by atomic mass is 16.5. The number of nitrogens with one attached hydrogen (secondary N) is 2. The first-order chi connectivity index (χ1) is 14.9. The van der Waals surface area contributed by atoms with Gasteiger partial charge in [0, 0.05) is 23.8 Å². The number of ether oxygens (including phenoxy) is 1. The molecule has 6 nitrogen and oxygen atoms in total. The van der Waals surface area contributed by atoms with Gasteiger partial charge in [-0.05, 0) is 81.5 Å². The second-order valence-electron chi connectivity index (χ2n) is 8.24. The van der Waals surface area contributed by atoms with Crippen LogP contribution in [0, 0.1) is 13.8 Å². The molecule has 0 aromatic heterocycles. The molecule has 2 aromatic rings. The summed E-state index contributed by atoms with van der Waals surface area (Å²) >= 11 is 0. The van der Waals surface area contributed by atoms with Crippen LogP contribution in [0.5, 0.6) is 5.75 Å². The molecular weight excluding hydrogens is 390 g/mol. The average Bonchev–Trinajstić information content (AvgIpc) is 2.76. The molecule has 2 amide bonds. The Morgan fingerprint density at radius 2 is 1.97 bits per heavy atom. The highest BCUT2D eigenvalue weighted by Crippen LogP contribution is 2.22. The van der Waals surface area contributed by atoms with E-state index in [1.54, 1.807) is 0 Å². The minimum Gasteiger partial charge on any atom is -0.492 e. The maximum Gasteiger partial charge on any atom is 0.254 e. The van der Waals surface area contributed by atoms with Gasteiger partial charge in [-0.1, -0.05) is 12.1 Å². The largest absolute Gasteiger partial charge is 0.492 e. The van der Waals surface area contributed by atoms with Crippen molar-refractivity contribution in [2.45, 2.75) is 46.1 Å². The molecule has 1 atom stereocenters. The Bertz CT molecular complexity index is 913. The summed E-state index contributed by atoms with van der Waals surface area (Å²) in [7, 11) is 0. The van der Waals surface area contributed by atoms with Crippen molar-refractivity contribution in [3.8, 4) is 5.75 Å². The third kappa shape index (κ3) is 6.48. The number of aryl methyl sites for hydroxylation is 2. The van der Waals surface area contributed by atoms with Gasteiger partial charge >= 0.3 is 0 Å². The second kappa shape index (κ2) is 10.8. The van der Waals surface area contributed by atoms with Crippen LogP contribution in [0.2, 0.25) is 0 Å². The van der Waals surface area contributed by atoms with Crippen LogP contribution in [-0.2, 0) is 4.79 Å². The summed E-state index contributed by atoms with van der Waals surface area (Å²) in [6, 6.07) is 13.7. The van der Waals surface area contributed by atoms with Gasteiger partial charge in [-0.25, -0.2) is 0 Å². The van der Waals surface area contributed by atoms with Crippen LogP contribution in [-0.4, -0.2) is 49.0 Å².